The van der Waals surface area contributed by atoms with Crippen LogP contribution in [-0.2, 0) is 6.42 Å². The van der Waals surface area contributed by atoms with E-state index in [-0.39, 0.29) is 11.3 Å². The van der Waals surface area contributed by atoms with Crippen LogP contribution in [0, 0.1) is 11.3 Å². The number of hydrogen-bond donors (Lipinski definition) is 0. The first-order valence-electron chi connectivity index (χ1n) is 6.22. The maximum atomic E-state index is 12.4. The molecule has 4 heteroatoms. The Kier molecular flexibility index (Phi) is 4.31. The molecule has 0 heterocycles. The standard InChI is InChI=1S/C16H13F2NO/c1-2-11-4-3-5-12(8-11)13-6-7-14(10-19)15(9-13)20-16(17)18/h3-9,16H,2H2,1H3. The van der Waals surface area contributed by atoms with Gasteiger partial charge in [-0.15, -0.1) is 0 Å². The van der Waals surface area contributed by atoms with E-state index >= 15 is 0 Å². The molecule has 102 valence electrons. The van der Waals surface area contributed by atoms with Crippen LogP contribution in [0.4, 0.5) is 8.78 Å². The van der Waals surface area contributed by atoms with E-state index in [0.717, 1.165) is 23.1 Å². The molecule has 2 aromatic carbocycles. The molecule has 20 heavy (non-hydrogen) atoms. The fraction of sp³-hybridized carbons (Fsp3) is 0.188. The first kappa shape index (κ1) is 14.0. The lowest BCUT2D eigenvalue weighted by Crippen LogP contribution is -2.03. The Bertz CT molecular complexity index is 647. The van der Waals surface area contributed by atoms with Crippen LogP contribution in [0.5, 0.6) is 5.75 Å². The Balaban J connectivity index is 2.44. The summed E-state index contributed by atoms with van der Waals surface area (Å²) in [5, 5.41) is 8.90. The number of hydrogen-bond acceptors (Lipinski definition) is 2. The second-order valence-electron chi connectivity index (χ2n) is 4.26. The van der Waals surface area contributed by atoms with Crippen molar-refractivity contribution in [2.45, 2.75) is 20.0 Å². The fourth-order valence-corrected chi connectivity index (χ4v) is 1.96. The highest BCUT2D eigenvalue weighted by Gasteiger charge is 2.11. The molecule has 0 saturated heterocycles. The minimum Gasteiger partial charge on any atom is -0.433 e. The summed E-state index contributed by atoms with van der Waals surface area (Å²) >= 11 is 0. The number of rotatable bonds is 4. The lowest BCUT2D eigenvalue weighted by Gasteiger charge is -2.09. The summed E-state index contributed by atoms with van der Waals surface area (Å²) in [5.74, 6) is -0.0955. The smallest absolute Gasteiger partial charge is 0.387 e. The third-order valence-electron chi connectivity index (χ3n) is 2.99. The molecule has 0 aliphatic carbocycles. The van der Waals surface area contributed by atoms with Gasteiger partial charge < -0.3 is 4.74 Å². The normalized spacial score (nSPS) is 10.3. The summed E-state index contributed by atoms with van der Waals surface area (Å²) in [6.45, 7) is -0.900. The predicted octanol–water partition coefficient (Wildman–Crippen LogP) is 4.39. The van der Waals surface area contributed by atoms with Crippen LogP contribution in [0.2, 0.25) is 0 Å². The van der Waals surface area contributed by atoms with Crippen LogP contribution >= 0.6 is 0 Å². The van der Waals surface area contributed by atoms with Gasteiger partial charge in [0.05, 0.1) is 5.56 Å². The molecule has 0 aliphatic rings. The van der Waals surface area contributed by atoms with Crippen LogP contribution in [0.1, 0.15) is 18.1 Å². The predicted molar refractivity (Wildman–Crippen MR) is 72.6 cm³/mol. The quantitative estimate of drug-likeness (QED) is 0.827. The molecule has 0 saturated carbocycles. The van der Waals surface area contributed by atoms with Crippen molar-refractivity contribution in [1.29, 1.82) is 5.26 Å². The minimum atomic E-state index is -2.95. The molecule has 2 aromatic rings. The largest absolute Gasteiger partial charge is 0.433 e. The number of aryl methyl sites for hydroxylation is 1. The molecular weight excluding hydrogens is 260 g/mol. The van der Waals surface area contributed by atoms with Gasteiger partial charge in [0.2, 0.25) is 0 Å². The van der Waals surface area contributed by atoms with Gasteiger partial charge in [0.25, 0.3) is 0 Å². The van der Waals surface area contributed by atoms with Crippen molar-refractivity contribution in [3.8, 4) is 22.9 Å². The fourth-order valence-electron chi connectivity index (χ4n) is 1.96. The zero-order valence-electron chi connectivity index (χ0n) is 10.9. The molecule has 0 amide bonds. The van der Waals surface area contributed by atoms with Gasteiger partial charge in [0.15, 0.2) is 0 Å². The SMILES string of the molecule is CCc1cccc(-c2ccc(C#N)c(OC(F)F)c2)c1. The summed E-state index contributed by atoms with van der Waals surface area (Å²) < 4.78 is 29.1. The van der Waals surface area contributed by atoms with Crippen LogP contribution in [0.3, 0.4) is 0 Å². The second-order valence-corrected chi connectivity index (χ2v) is 4.26. The van der Waals surface area contributed by atoms with E-state index in [1.165, 1.54) is 12.1 Å². The van der Waals surface area contributed by atoms with Gasteiger partial charge in [-0.3, -0.25) is 0 Å². The second kappa shape index (κ2) is 6.16. The van der Waals surface area contributed by atoms with E-state index in [4.69, 9.17) is 5.26 Å². The van der Waals surface area contributed by atoms with E-state index in [1.54, 1.807) is 6.07 Å². The Hall–Kier alpha value is -2.41. The molecule has 0 fully saturated rings. The van der Waals surface area contributed by atoms with Gasteiger partial charge >= 0.3 is 6.61 Å². The molecule has 0 spiro atoms. The Morgan fingerprint density at radius 3 is 2.55 bits per heavy atom. The maximum Gasteiger partial charge on any atom is 0.387 e. The van der Waals surface area contributed by atoms with Crippen molar-refractivity contribution in [3.63, 3.8) is 0 Å². The highest BCUT2D eigenvalue weighted by Crippen LogP contribution is 2.28. The maximum absolute atomic E-state index is 12.4. The summed E-state index contributed by atoms with van der Waals surface area (Å²) in [5.41, 5.74) is 2.91. The summed E-state index contributed by atoms with van der Waals surface area (Å²) in [7, 11) is 0. The molecule has 0 N–H and O–H groups in total. The zero-order chi connectivity index (χ0) is 14.5. The minimum absolute atomic E-state index is 0.0955. The molecule has 0 aromatic heterocycles. The third-order valence-corrected chi connectivity index (χ3v) is 2.99. The number of alkyl halides is 2. The topological polar surface area (TPSA) is 33.0 Å². The van der Waals surface area contributed by atoms with Crippen molar-refractivity contribution in [2.75, 3.05) is 0 Å². The van der Waals surface area contributed by atoms with Crippen LogP contribution in [0.25, 0.3) is 11.1 Å². The van der Waals surface area contributed by atoms with Gasteiger partial charge in [-0.2, -0.15) is 14.0 Å². The zero-order valence-corrected chi connectivity index (χ0v) is 10.9. The highest BCUT2D eigenvalue weighted by atomic mass is 19.3. The van der Waals surface area contributed by atoms with Gasteiger partial charge in [0, 0.05) is 0 Å². The lowest BCUT2D eigenvalue weighted by molar-refractivity contribution is -0.0500. The van der Waals surface area contributed by atoms with E-state index in [9.17, 15) is 8.78 Å². The van der Waals surface area contributed by atoms with Crippen LogP contribution in [0.15, 0.2) is 42.5 Å². The third kappa shape index (κ3) is 3.12. The van der Waals surface area contributed by atoms with Crippen LogP contribution < -0.4 is 4.74 Å². The Labute approximate surface area is 116 Å². The van der Waals surface area contributed by atoms with E-state index in [1.807, 2.05) is 37.3 Å². The molecule has 0 bridgehead atoms. The van der Waals surface area contributed by atoms with Gasteiger partial charge in [-0.05, 0) is 35.2 Å². The first-order valence-corrected chi connectivity index (χ1v) is 6.22. The van der Waals surface area contributed by atoms with Crippen molar-refractivity contribution in [1.82, 2.24) is 0 Å². The number of benzene rings is 2. The molecule has 0 unspecified atom stereocenters. The monoisotopic (exact) mass is 273 g/mol. The molecular formula is C16H13F2NO. The molecule has 0 radical (unpaired) electrons. The Morgan fingerprint density at radius 2 is 1.90 bits per heavy atom. The average molecular weight is 273 g/mol. The number of nitriles is 1. The highest BCUT2D eigenvalue weighted by molar-refractivity contribution is 5.67. The van der Waals surface area contributed by atoms with E-state index < -0.39 is 6.61 Å². The lowest BCUT2D eigenvalue weighted by atomic mass is 10.0. The Morgan fingerprint density at radius 1 is 1.15 bits per heavy atom. The van der Waals surface area contributed by atoms with Crippen molar-refractivity contribution >= 4 is 0 Å². The molecule has 0 atom stereocenters. The summed E-state index contributed by atoms with van der Waals surface area (Å²) in [6.07, 6.45) is 0.893. The van der Waals surface area contributed by atoms with Crippen molar-refractivity contribution < 1.29 is 13.5 Å². The number of halogens is 2. The number of nitrogens with zero attached hydrogens (tertiary/aromatic N) is 1. The van der Waals surface area contributed by atoms with Crippen molar-refractivity contribution in [3.05, 3.63) is 53.6 Å². The van der Waals surface area contributed by atoms with Crippen LogP contribution in [-0.4, -0.2) is 6.61 Å². The molecule has 2 nitrogen and oxygen atoms in total. The summed E-state index contributed by atoms with van der Waals surface area (Å²) in [4.78, 5) is 0. The van der Waals surface area contributed by atoms with Gasteiger partial charge in [-0.1, -0.05) is 37.3 Å². The first-order chi connectivity index (χ1) is 9.63. The van der Waals surface area contributed by atoms with Crippen molar-refractivity contribution in [2.24, 2.45) is 0 Å². The van der Waals surface area contributed by atoms with Gasteiger partial charge in [-0.25, -0.2) is 0 Å². The van der Waals surface area contributed by atoms with Gasteiger partial charge in [0.1, 0.15) is 11.8 Å². The summed E-state index contributed by atoms with van der Waals surface area (Å²) in [6, 6.07) is 14.3. The average Bonchev–Trinajstić information content (AvgIpc) is 2.46. The van der Waals surface area contributed by atoms with E-state index in [2.05, 4.69) is 4.74 Å². The molecule has 2 rings (SSSR count). The van der Waals surface area contributed by atoms with E-state index in [0.29, 0.717) is 0 Å². The molecule has 0 aliphatic heterocycles. The number of ether oxygens (including phenoxy) is 1.